The van der Waals surface area contributed by atoms with Crippen LogP contribution in [0.1, 0.15) is 11.1 Å². The van der Waals surface area contributed by atoms with E-state index >= 15 is 0 Å². The summed E-state index contributed by atoms with van der Waals surface area (Å²) in [5.41, 5.74) is 3.49. The van der Waals surface area contributed by atoms with Crippen molar-refractivity contribution in [2.45, 2.75) is 6.92 Å². The molecule has 84 valence electrons. The molecule has 0 fully saturated rings. The summed E-state index contributed by atoms with van der Waals surface area (Å²) in [4.78, 5) is 4.10. The third kappa shape index (κ3) is 2.26. The highest BCUT2D eigenvalue weighted by atomic mass is 16.5. The molecular formula is C14H12N2O. The zero-order chi connectivity index (χ0) is 12.3. The van der Waals surface area contributed by atoms with Gasteiger partial charge in [0, 0.05) is 17.3 Å². The summed E-state index contributed by atoms with van der Waals surface area (Å²) in [5, 5.41) is 9.13. The maximum atomic E-state index is 9.13. The molecule has 1 heterocycles. The van der Waals surface area contributed by atoms with Crippen molar-refractivity contribution in [2.75, 3.05) is 7.11 Å². The molecule has 0 aliphatic rings. The quantitative estimate of drug-likeness (QED) is 0.787. The number of hydrogen-bond acceptors (Lipinski definition) is 3. The van der Waals surface area contributed by atoms with Crippen LogP contribution in [0.15, 0.2) is 36.7 Å². The molecule has 1 aromatic carbocycles. The van der Waals surface area contributed by atoms with E-state index in [1.165, 1.54) is 0 Å². The fourth-order valence-corrected chi connectivity index (χ4v) is 1.68. The lowest BCUT2D eigenvalue weighted by Gasteiger charge is -2.06. The third-order valence-electron chi connectivity index (χ3n) is 2.56. The second kappa shape index (κ2) is 4.67. The van der Waals surface area contributed by atoms with E-state index < -0.39 is 0 Å². The van der Waals surface area contributed by atoms with Gasteiger partial charge in [-0.1, -0.05) is 12.1 Å². The fourth-order valence-electron chi connectivity index (χ4n) is 1.68. The van der Waals surface area contributed by atoms with E-state index in [9.17, 15) is 0 Å². The van der Waals surface area contributed by atoms with Crippen LogP contribution in [-0.2, 0) is 0 Å². The Hall–Kier alpha value is -2.34. The van der Waals surface area contributed by atoms with Gasteiger partial charge in [-0.3, -0.25) is 4.98 Å². The molecule has 17 heavy (non-hydrogen) atoms. The van der Waals surface area contributed by atoms with E-state index in [0.29, 0.717) is 11.3 Å². The molecule has 0 spiro atoms. The smallest absolute Gasteiger partial charge is 0.137 e. The third-order valence-corrected chi connectivity index (χ3v) is 2.56. The van der Waals surface area contributed by atoms with E-state index in [1.807, 2.05) is 31.2 Å². The lowest BCUT2D eigenvalue weighted by Crippen LogP contribution is -1.89. The molecule has 3 nitrogen and oxygen atoms in total. The molecular weight excluding hydrogens is 212 g/mol. The van der Waals surface area contributed by atoms with E-state index in [0.717, 1.165) is 16.7 Å². The van der Waals surface area contributed by atoms with Gasteiger partial charge in [0.25, 0.3) is 0 Å². The zero-order valence-corrected chi connectivity index (χ0v) is 9.77. The van der Waals surface area contributed by atoms with Gasteiger partial charge in [0.15, 0.2) is 0 Å². The first-order chi connectivity index (χ1) is 8.24. The number of nitrogens with zero attached hydrogens (tertiary/aromatic N) is 2. The van der Waals surface area contributed by atoms with Crippen LogP contribution in [-0.4, -0.2) is 12.1 Å². The van der Waals surface area contributed by atoms with Crippen LogP contribution in [0.3, 0.4) is 0 Å². The highest BCUT2D eigenvalue weighted by Gasteiger charge is 2.06. The van der Waals surface area contributed by atoms with Gasteiger partial charge in [0.05, 0.1) is 24.9 Å². The van der Waals surface area contributed by atoms with Crippen LogP contribution < -0.4 is 4.74 Å². The molecule has 0 saturated carbocycles. The summed E-state index contributed by atoms with van der Waals surface area (Å²) in [6.45, 7) is 1.97. The van der Waals surface area contributed by atoms with Crippen molar-refractivity contribution in [3.8, 4) is 22.9 Å². The van der Waals surface area contributed by atoms with Crippen molar-refractivity contribution in [3.63, 3.8) is 0 Å². The number of methoxy groups -OCH3 is 1. The first-order valence-corrected chi connectivity index (χ1v) is 5.25. The molecule has 0 aliphatic heterocycles. The maximum Gasteiger partial charge on any atom is 0.137 e. The van der Waals surface area contributed by atoms with Crippen molar-refractivity contribution < 1.29 is 4.74 Å². The Kier molecular flexibility index (Phi) is 3.06. The van der Waals surface area contributed by atoms with Crippen molar-refractivity contribution >= 4 is 0 Å². The van der Waals surface area contributed by atoms with Gasteiger partial charge in [-0.05, 0) is 24.6 Å². The molecule has 0 aliphatic carbocycles. The van der Waals surface area contributed by atoms with Gasteiger partial charge < -0.3 is 4.74 Å². The molecule has 0 bridgehead atoms. The Morgan fingerprint density at radius 1 is 1.24 bits per heavy atom. The van der Waals surface area contributed by atoms with Crippen LogP contribution in [0, 0.1) is 18.3 Å². The highest BCUT2D eigenvalue weighted by Crippen LogP contribution is 2.26. The minimum absolute atomic E-state index is 0.653. The van der Waals surface area contributed by atoms with Crippen molar-refractivity contribution in [2.24, 2.45) is 0 Å². The van der Waals surface area contributed by atoms with Crippen molar-refractivity contribution in [1.29, 1.82) is 5.26 Å². The minimum atomic E-state index is 0.653. The Morgan fingerprint density at radius 3 is 2.76 bits per heavy atom. The van der Waals surface area contributed by atoms with Crippen LogP contribution in [0.5, 0.6) is 5.75 Å². The summed E-state index contributed by atoms with van der Waals surface area (Å²) in [7, 11) is 1.60. The van der Waals surface area contributed by atoms with Crippen LogP contribution in [0.25, 0.3) is 11.1 Å². The number of rotatable bonds is 2. The average Bonchev–Trinajstić information content (AvgIpc) is 2.38. The summed E-state index contributed by atoms with van der Waals surface area (Å²) in [5.74, 6) is 0.687. The molecule has 3 heteroatoms. The summed E-state index contributed by atoms with van der Waals surface area (Å²) >= 11 is 0. The molecule has 2 aromatic rings. The first kappa shape index (κ1) is 11.2. The Bertz CT molecular complexity index is 585. The Labute approximate surface area is 100 Å². The summed E-state index contributed by atoms with van der Waals surface area (Å²) < 4.78 is 5.13. The monoisotopic (exact) mass is 224 g/mol. The number of aromatic nitrogens is 1. The lowest BCUT2D eigenvalue weighted by atomic mass is 10.00. The number of nitriles is 1. The van der Waals surface area contributed by atoms with Crippen molar-refractivity contribution in [3.05, 3.63) is 47.8 Å². The fraction of sp³-hybridized carbons (Fsp3) is 0.143. The molecule has 0 radical (unpaired) electrons. The highest BCUT2D eigenvalue weighted by molar-refractivity contribution is 5.71. The van der Waals surface area contributed by atoms with E-state index in [1.54, 1.807) is 19.5 Å². The van der Waals surface area contributed by atoms with Crippen LogP contribution in [0.2, 0.25) is 0 Å². The Balaban J connectivity index is 2.56. The second-order valence-electron chi connectivity index (χ2n) is 3.77. The van der Waals surface area contributed by atoms with Gasteiger partial charge in [0.2, 0.25) is 0 Å². The van der Waals surface area contributed by atoms with Crippen LogP contribution >= 0.6 is 0 Å². The minimum Gasteiger partial charge on any atom is -0.495 e. The topological polar surface area (TPSA) is 45.9 Å². The summed E-state index contributed by atoms with van der Waals surface area (Å²) in [6, 6.07) is 9.86. The van der Waals surface area contributed by atoms with Gasteiger partial charge >= 0.3 is 0 Å². The van der Waals surface area contributed by atoms with E-state index in [-0.39, 0.29) is 0 Å². The number of aryl methyl sites for hydroxylation is 1. The SMILES string of the molecule is COc1cncc(-c2ccc(C)cc2C#N)c1. The van der Waals surface area contributed by atoms with Gasteiger partial charge in [-0.15, -0.1) is 0 Å². The standard InChI is InChI=1S/C14H12N2O/c1-10-3-4-14(11(5-10)7-15)12-6-13(17-2)9-16-8-12/h3-6,8-9H,1-2H3. The average molecular weight is 224 g/mol. The lowest BCUT2D eigenvalue weighted by molar-refractivity contribution is 0.413. The zero-order valence-electron chi connectivity index (χ0n) is 9.77. The van der Waals surface area contributed by atoms with Gasteiger partial charge in [-0.25, -0.2) is 0 Å². The molecule has 0 N–H and O–H groups in total. The first-order valence-electron chi connectivity index (χ1n) is 5.25. The molecule has 1 aromatic heterocycles. The number of pyridine rings is 1. The van der Waals surface area contributed by atoms with E-state index in [2.05, 4.69) is 11.1 Å². The van der Waals surface area contributed by atoms with Gasteiger partial charge in [-0.2, -0.15) is 5.26 Å². The maximum absolute atomic E-state index is 9.13. The van der Waals surface area contributed by atoms with Crippen molar-refractivity contribution in [1.82, 2.24) is 4.98 Å². The predicted octanol–water partition coefficient (Wildman–Crippen LogP) is 2.94. The molecule has 0 amide bonds. The van der Waals surface area contributed by atoms with Crippen LogP contribution in [0.4, 0.5) is 0 Å². The molecule has 0 atom stereocenters. The second-order valence-corrected chi connectivity index (χ2v) is 3.77. The number of hydrogen-bond donors (Lipinski definition) is 0. The Morgan fingerprint density at radius 2 is 2.06 bits per heavy atom. The molecule has 0 unspecified atom stereocenters. The van der Waals surface area contributed by atoms with E-state index in [4.69, 9.17) is 10.00 Å². The van der Waals surface area contributed by atoms with Gasteiger partial charge in [0.1, 0.15) is 5.75 Å². The number of ether oxygens (including phenoxy) is 1. The number of benzene rings is 1. The largest absolute Gasteiger partial charge is 0.495 e. The summed E-state index contributed by atoms with van der Waals surface area (Å²) in [6.07, 6.45) is 3.37. The predicted molar refractivity (Wildman–Crippen MR) is 65.7 cm³/mol. The molecule has 2 rings (SSSR count). The normalized spacial score (nSPS) is 9.71. The molecule has 0 saturated heterocycles.